The van der Waals surface area contributed by atoms with Gasteiger partial charge in [0.25, 0.3) is 5.91 Å². The molecule has 0 aliphatic rings. The third kappa shape index (κ3) is 3.29. The molecule has 2 atom stereocenters. The molecule has 0 aliphatic carbocycles. The molecule has 0 bridgehead atoms. The Kier molecular flexibility index (Phi) is 4.39. The zero-order valence-corrected chi connectivity index (χ0v) is 11.3. The van der Waals surface area contributed by atoms with Crippen molar-refractivity contribution >= 4 is 11.9 Å². The van der Waals surface area contributed by atoms with Gasteiger partial charge in [-0.1, -0.05) is 30.3 Å². The molecule has 0 fully saturated rings. The molecule has 1 aromatic carbocycles. The molecule has 110 valence electrons. The van der Waals surface area contributed by atoms with Crippen LogP contribution in [0.1, 0.15) is 17.5 Å². The van der Waals surface area contributed by atoms with E-state index in [1.165, 1.54) is 13.2 Å². The van der Waals surface area contributed by atoms with E-state index in [1.54, 1.807) is 6.07 Å². The lowest BCUT2D eigenvalue weighted by Gasteiger charge is -2.16. The first-order chi connectivity index (χ1) is 10.0. The Bertz CT molecular complexity index is 633. The molecule has 3 N–H and O–H groups in total. The van der Waals surface area contributed by atoms with E-state index in [0.717, 1.165) is 5.56 Å². The van der Waals surface area contributed by atoms with Crippen molar-refractivity contribution in [3.63, 3.8) is 0 Å². The van der Waals surface area contributed by atoms with E-state index in [-0.39, 0.29) is 5.76 Å². The summed E-state index contributed by atoms with van der Waals surface area (Å²) in [5.41, 5.74) is 1.34. The van der Waals surface area contributed by atoms with Gasteiger partial charge in [0.1, 0.15) is 0 Å². The lowest BCUT2D eigenvalue weighted by atomic mass is 10.1. The maximum atomic E-state index is 12.1. The molecule has 0 spiro atoms. The maximum Gasteiger partial charge on any atom is 0.328 e. The summed E-state index contributed by atoms with van der Waals surface area (Å²) >= 11 is 0. The average molecular weight is 289 g/mol. The minimum Gasteiger partial charge on any atom is -0.480 e. The summed E-state index contributed by atoms with van der Waals surface area (Å²) in [6, 6.07) is 9.33. The van der Waals surface area contributed by atoms with Crippen LogP contribution in [0.4, 0.5) is 0 Å². The van der Waals surface area contributed by atoms with Gasteiger partial charge in [0, 0.05) is 5.56 Å². The Morgan fingerprint density at radius 3 is 2.43 bits per heavy atom. The smallest absolute Gasteiger partial charge is 0.328 e. The van der Waals surface area contributed by atoms with Crippen LogP contribution in [0.5, 0.6) is 0 Å². The molecule has 0 radical (unpaired) electrons. The molecule has 21 heavy (non-hydrogen) atoms. The number of carboxylic acid groups (broad SMARTS) is 1. The molecule has 0 aliphatic heterocycles. The van der Waals surface area contributed by atoms with Gasteiger partial charge in [-0.15, -0.1) is 0 Å². The molecule has 1 aromatic heterocycles. The van der Waals surface area contributed by atoms with Crippen LogP contribution in [0.25, 0.3) is 11.1 Å². The highest BCUT2D eigenvalue weighted by Crippen LogP contribution is 2.24. The molecule has 0 saturated carbocycles. The lowest BCUT2D eigenvalue weighted by molar-refractivity contribution is -0.141. The Balaban J connectivity index is 2.25. The van der Waals surface area contributed by atoms with E-state index in [4.69, 9.17) is 9.52 Å². The molecule has 6 heteroatoms. The van der Waals surface area contributed by atoms with Crippen LogP contribution in [0.2, 0.25) is 0 Å². The van der Waals surface area contributed by atoms with Gasteiger partial charge in [0.15, 0.2) is 11.8 Å². The highest BCUT2D eigenvalue weighted by Gasteiger charge is 2.27. The zero-order valence-electron chi connectivity index (χ0n) is 11.3. The summed E-state index contributed by atoms with van der Waals surface area (Å²) in [6.07, 6.45) is 0.136. The van der Waals surface area contributed by atoms with Crippen LogP contribution < -0.4 is 5.32 Å². The largest absolute Gasteiger partial charge is 0.480 e. The number of hydrogen-bond acceptors (Lipinski definition) is 4. The standard InChI is InChI=1S/C15H15NO5/c1-9(17)12(15(19)20)16-14(18)13-11(7-8-21-13)10-5-3-2-4-6-10/h2-9,12,17H,1H3,(H,16,18)(H,19,20)/t9-,12+/m1/s1. The van der Waals surface area contributed by atoms with Crippen LogP contribution in [-0.4, -0.2) is 34.2 Å². The van der Waals surface area contributed by atoms with Crippen LogP contribution in [0.15, 0.2) is 47.1 Å². The van der Waals surface area contributed by atoms with E-state index in [2.05, 4.69) is 5.32 Å². The van der Waals surface area contributed by atoms with Gasteiger partial charge in [-0.05, 0) is 18.6 Å². The van der Waals surface area contributed by atoms with Crippen LogP contribution in [0.3, 0.4) is 0 Å². The van der Waals surface area contributed by atoms with Crippen LogP contribution in [0, 0.1) is 0 Å². The lowest BCUT2D eigenvalue weighted by Crippen LogP contribution is -2.47. The Labute approximate surface area is 121 Å². The molecular weight excluding hydrogens is 274 g/mol. The van der Waals surface area contributed by atoms with Crippen LogP contribution in [-0.2, 0) is 4.79 Å². The van der Waals surface area contributed by atoms with Crippen LogP contribution >= 0.6 is 0 Å². The van der Waals surface area contributed by atoms with Crippen molar-refractivity contribution in [2.75, 3.05) is 0 Å². The first-order valence-electron chi connectivity index (χ1n) is 6.35. The third-order valence-corrected chi connectivity index (χ3v) is 2.99. The summed E-state index contributed by atoms with van der Waals surface area (Å²) < 4.78 is 5.15. The zero-order chi connectivity index (χ0) is 15.4. The monoisotopic (exact) mass is 289 g/mol. The molecule has 2 rings (SSSR count). The van der Waals surface area contributed by atoms with E-state index in [9.17, 15) is 14.7 Å². The van der Waals surface area contributed by atoms with Gasteiger partial charge in [-0.3, -0.25) is 4.79 Å². The fourth-order valence-electron chi connectivity index (χ4n) is 1.93. The minimum absolute atomic E-state index is 0.00750. The van der Waals surface area contributed by atoms with Crippen molar-refractivity contribution in [3.8, 4) is 11.1 Å². The highest BCUT2D eigenvalue weighted by atomic mass is 16.4. The predicted molar refractivity (Wildman–Crippen MR) is 74.7 cm³/mol. The van der Waals surface area contributed by atoms with Gasteiger partial charge in [-0.25, -0.2) is 4.79 Å². The summed E-state index contributed by atoms with van der Waals surface area (Å²) in [7, 11) is 0. The van der Waals surface area contributed by atoms with Crippen molar-refractivity contribution in [1.29, 1.82) is 0 Å². The quantitative estimate of drug-likeness (QED) is 0.774. The fourth-order valence-corrected chi connectivity index (χ4v) is 1.93. The average Bonchev–Trinajstić information content (AvgIpc) is 2.94. The Morgan fingerprint density at radius 1 is 1.19 bits per heavy atom. The molecular formula is C15H15NO5. The number of aliphatic carboxylic acids is 1. The number of benzene rings is 1. The summed E-state index contributed by atoms with van der Waals surface area (Å²) in [5.74, 6) is -1.99. The molecule has 1 heterocycles. The molecule has 6 nitrogen and oxygen atoms in total. The van der Waals surface area contributed by atoms with E-state index >= 15 is 0 Å². The number of furan rings is 1. The predicted octanol–water partition coefficient (Wildman–Crippen LogP) is 1.51. The number of aliphatic hydroxyl groups excluding tert-OH is 1. The number of rotatable bonds is 5. The maximum absolute atomic E-state index is 12.1. The van der Waals surface area contributed by atoms with Gasteiger partial charge < -0.3 is 19.9 Å². The second kappa shape index (κ2) is 6.23. The summed E-state index contributed by atoms with van der Waals surface area (Å²) in [4.78, 5) is 23.1. The number of hydrogen-bond donors (Lipinski definition) is 3. The molecule has 1 amide bonds. The number of carboxylic acids is 1. The van der Waals surface area contributed by atoms with Crippen molar-refractivity contribution in [2.24, 2.45) is 0 Å². The Hall–Kier alpha value is -2.60. The van der Waals surface area contributed by atoms with Crippen molar-refractivity contribution < 1.29 is 24.2 Å². The minimum atomic E-state index is -1.40. The van der Waals surface area contributed by atoms with Gasteiger partial charge >= 0.3 is 5.97 Å². The second-order valence-electron chi connectivity index (χ2n) is 4.56. The second-order valence-corrected chi connectivity index (χ2v) is 4.56. The highest BCUT2D eigenvalue weighted by molar-refractivity contribution is 6.00. The molecule has 2 aromatic rings. The van der Waals surface area contributed by atoms with Gasteiger partial charge in [-0.2, -0.15) is 0 Å². The number of carbonyl (C=O) groups excluding carboxylic acids is 1. The van der Waals surface area contributed by atoms with Crippen molar-refractivity contribution in [1.82, 2.24) is 5.32 Å². The summed E-state index contributed by atoms with van der Waals surface area (Å²) in [6.45, 7) is 1.29. The van der Waals surface area contributed by atoms with E-state index < -0.39 is 24.0 Å². The van der Waals surface area contributed by atoms with E-state index in [0.29, 0.717) is 5.56 Å². The fraction of sp³-hybridized carbons (Fsp3) is 0.200. The first kappa shape index (κ1) is 14.8. The SMILES string of the molecule is C[C@@H](O)[C@H](NC(=O)c1occc1-c1ccccc1)C(=O)O. The third-order valence-electron chi connectivity index (χ3n) is 2.99. The van der Waals surface area contributed by atoms with Crippen molar-refractivity contribution in [2.45, 2.75) is 19.1 Å². The Morgan fingerprint density at radius 2 is 1.86 bits per heavy atom. The van der Waals surface area contributed by atoms with Gasteiger partial charge in [0.2, 0.25) is 0 Å². The van der Waals surface area contributed by atoms with Gasteiger partial charge in [0.05, 0.1) is 12.4 Å². The number of carbonyl (C=O) groups is 2. The first-order valence-corrected chi connectivity index (χ1v) is 6.35. The van der Waals surface area contributed by atoms with E-state index in [1.807, 2.05) is 30.3 Å². The molecule has 0 saturated heterocycles. The number of amides is 1. The topological polar surface area (TPSA) is 99.8 Å². The number of nitrogens with one attached hydrogen (secondary N) is 1. The normalized spacial score (nSPS) is 13.4. The van der Waals surface area contributed by atoms with Crippen molar-refractivity contribution in [3.05, 3.63) is 48.4 Å². The molecule has 0 unspecified atom stereocenters. The number of aliphatic hydroxyl groups is 1. The summed E-state index contributed by atoms with van der Waals surface area (Å²) in [5, 5.41) is 20.6.